The Labute approximate surface area is 104 Å². The van der Waals surface area contributed by atoms with E-state index >= 15 is 0 Å². The summed E-state index contributed by atoms with van der Waals surface area (Å²) < 4.78 is 1.61. The molecular formula is C13H13ClN2O. The highest BCUT2D eigenvalue weighted by atomic mass is 35.5. The molecule has 17 heavy (non-hydrogen) atoms. The first-order chi connectivity index (χ1) is 8.20. The van der Waals surface area contributed by atoms with Crippen molar-refractivity contribution in [2.45, 2.75) is 6.54 Å². The summed E-state index contributed by atoms with van der Waals surface area (Å²) in [6.45, 7) is 0.964. The zero-order valence-corrected chi connectivity index (χ0v) is 10.0. The van der Waals surface area contributed by atoms with Crippen molar-refractivity contribution < 1.29 is 0 Å². The van der Waals surface area contributed by atoms with E-state index in [0.717, 1.165) is 11.1 Å². The quantitative estimate of drug-likeness (QED) is 0.905. The molecule has 0 aliphatic carbocycles. The number of halogens is 1. The van der Waals surface area contributed by atoms with Crippen molar-refractivity contribution in [3.63, 3.8) is 0 Å². The Morgan fingerprint density at radius 3 is 2.71 bits per heavy atom. The van der Waals surface area contributed by atoms with Crippen LogP contribution in [-0.2, 0) is 6.54 Å². The van der Waals surface area contributed by atoms with Crippen molar-refractivity contribution in [3.8, 4) is 11.1 Å². The molecular weight excluding hydrogens is 236 g/mol. The highest BCUT2D eigenvalue weighted by Crippen LogP contribution is 2.21. The maximum atomic E-state index is 11.5. The first-order valence-electron chi connectivity index (χ1n) is 5.37. The molecule has 2 rings (SSSR count). The van der Waals surface area contributed by atoms with Gasteiger partial charge in [-0.05, 0) is 29.3 Å². The Balaban J connectivity index is 2.46. The average Bonchev–Trinajstić information content (AvgIpc) is 2.32. The topological polar surface area (TPSA) is 48.0 Å². The molecule has 0 unspecified atom stereocenters. The molecule has 0 atom stereocenters. The molecule has 0 bridgehead atoms. The third-order valence-electron chi connectivity index (χ3n) is 2.51. The second-order valence-corrected chi connectivity index (χ2v) is 4.18. The maximum Gasteiger partial charge on any atom is 0.250 e. The van der Waals surface area contributed by atoms with Crippen LogP contribution in [0, 0.1) is 0 Å². The molecule has 0 aliphatic heterocycles. The third-order valence-corrected chi connectivity index (χ3v) is 2.75. The van der Waals surface area contributed by atoms with Crippen molar-refractivity contribution in [3.05, 3.63) is 58.0 Å². The highest BCUT2D eigenvalue weighted by molar-refractivity contribution is 6.30. The minimum atomic E-state index is -0.0405. The lowest BCUT2D eigenvalue weighted by Gasteiger charge is -2.07. The Hall–Kier alpha value is -1.58. The highest BCUT2D eigenvalue weighted by Gasteiger charge is 2.01. The third kappa shape index (κ3) is 2.75. The van der Waals surface area contributed by atoms with Crippen LogP contribution in [0.5, 0.6) is 0 Å². The van der Waals surface area contributed by atoms with Gasteiger partial charge in [-0.1, -0.05) is 23.7 Å². The monoisotopic (exact) mass is 248 g/mol. The number of pyridine rings is 1. The van der Waals surface area contributed by atoms with Gasteiger partial charge in [-0.25, -0.2) is 0 Å². The lowest BCUT2D eigenvalue weighted by molar-refractivity contribution is 0.682. The lowest BCUT2D eigenvalue weighted by atomic mass is 10.1. The van der Waals surface area contributed by atoms with Gasteiger partial charge in [0.25, 0.3) is 5.56 Å². The molecule has 1 aromatic carbocycles. The number of nitrogens with two attached hydrogens (primary N) is 1. The van der Waals surface area contributed by atoms with Crippen LogP contribution in [0.25, 0.3) is 11.1 Å². The number of benzene rings is 1. The molecule has 2 aromatic rings. The van der Waals surface area contributed by atoms with Gasteiger partial charge in [0.2, 0.25) is 0 Å². The number of hydrogen-bond acceptors (Lipinski definition) is 2. The Bertz CT molecular complexity index is 578. The lowest BCUT2D eigenvalue weighted by Crippen LogP contribution is -2.22. The molecule has 0 aliphatic rings. The van der Waals surface area contributed by atoms with E-state index in [2.05, 4.69) is 0 Å². The van der Waals surface area contributed by atoms with Crippen LogP contribution in [0.4, 0.5) is 0 Å². The molecule has 1 heterocycles. The summed E-state index contributed by atoms with van der Waals surface area (Å²) in [5, 5.41) is 0.680. The van der Waals surface area contributed by atoms with Crippen molar-refractivity contribution in [1.29, 1.82) is 0 Å². The summed E-state index contributed by atoms with van der Waals surface area (Å²) >= 11 is 5.94. The fraction of sp³-hybridized carbons (Fsp3) is 0.154. The van der Waals surface area contributed by atoms with Crippen molar-refractivity contribution >= 4 is 11.6 Å². The normalized spacial score (nSPS) is 10.5. The summed E-state index contributed by atoms with van der Waals surface area (Å²) in [6.07, 6.45) is 1.81. The molecule has 0 fully saturated rings. The molecule has 0 saturated carbocycles. The Morgan fingerprint density at radius 1 is 1.18 bits per heavy atom. The van der Waals surface area contributed by atoms with Crippen LogP contribution >= 0.6 is 11.6 Å². The van der Waals surface area contributed by atoms with Gasteiger partial charge in [0.1, 0.15) is 0 Å². The van der Waals surface area contributed by atoms with E-state index in [1.165, 1.54) is 0 Å². The zero-order chi connectivity index (χ0) is 12.3. The number of rotatable bonds is 3. The van der Waals surface area contributed by atoms with Gasteiger partial charge in [-0.3, -0.25) is 4.79 Å². The van der Waals surface area contributed by atoms with Gasteiger partial charge < -0.3 is 10.3 Å². The van der Waals surface area contributed by atoms with Crippen LogP contribution in [0.2, 0.25) is 5.02 Å². The Morgan fingerprint density at radius 2 is 2.00 bits per heavy atom. The maximum absolute atomic E-state index is 11.5. The van der Waals surface area contributed by atoms with Crippen molar-refractivity contribution in [2.75, 3.05) is 6.54 Å². The summed E-state index contributed by atoms with van der Waals surface area (Å²) in [5.74, 6) is 0. The van der Waals surface area contributed by atoms with E-state index in [1.807, 2.05) is 24.3 Å². The van der Waals surface area contributed by atoms with E-state index in [0.29, 0.717) is 18.1 Å². The summed E-state index contributed by atoms with van der Waals surface area (Å²) in [5.41, 5.74) is 7.37. The summed E-state index contributed by atoms with van der Waals surface area (Å²) in [6, 6.07) is 10.9. The SMILES string of the molecule is NCCn1cc(-c2cccc(Cl)c2)ccc1=O. The van der Waals surface area contributed by atoms with Crippen molar-refractivity contribution in [2.24, 2.45) is 5.73 Å². The fourth-order valence-corrected chi connectivity index (χ4v) is 1.87. The van der Waals surface area contributed by atoms with Crippen LogP contribution in [0.3, 0.4) is 0 Å². The average molecular weight is 249 g/mol. The zero-order valence-electron chi connectivity index (χ0n) is 9.27. The first-order valence-corrected chi connectivity index (χ1v) is 5.75. The van der Waals surface area contributed by atoms with E-state index in [4.69, 9.17) is 17.3 Å². The number of hydrogen-bond donors (Lipinski definition) is 1. The van der Waals surface area contributed by atoms with Crippen molar-refractivity contribution in [1.82, 2.24) is 4.57 Å². The smallest absolute Gasteiger partial charge is 0.250 e. The van der Waals surface area contributed by atoms with Crippen LogP contribution in [-0.4, -0.2) is 11.1 Å². The van der Waals surface area contributed by atoms with Gasteiger partial charge >= 0.3 is 0 Å². The molecule has 0 saturated heterocycles. The Kier molecular flexibility index (Phi) is 3.61. The van der Waals surface area contributed by atoms with E-state index < -0.39 is 0 Å². The van der Waals surface area contributed by atoms with Gasteiger partial charge in [0, 0.05) is 30.4 Å². The summed E-state index contributed by atoms with van der Waals surface area (Å²) in [4.78, 5) is 11.5. The predicted octanol–water partition coefficient (Wildman–Crippen LogP) is 2.13. The standard InChI is InChI=1S/C13H13ClN2O/c14-12-3-1-2-10(8-12)11-4-5-13(17)16(9-11)7-6-15/h1-5,8-9H,6-7,15H2. The molecule has 4 heteroatoms. The van der Waals surface area contributed by atoms with Gasteiger partial charge in [-0.15, -0.1) is 0 Å². The van der Waals surface area contributed by atoms with E-state index in [9.17, 15) is 4.79 Å². The van der Waals surface area contributed by atoms with Gasteiger partial charge in [0.15, 0.2) is 0 Å². The number of nitrogens with zero attached hydrogens (tertiary/aromatic N) is 1. The molecule has 0 radical (unpaired) electrons. The minimum Gasteiger partial charge on any atom is -0.329 e. The minimum absolute atomic E-state index is 0.0405. The fourth-order valence-electron chi connectivity index (χ4n) is 1.68. The predicted molar refractivity (Wildman–Crippen MR) is 70.2 cm³/mol. The van der Waals surface area contributed by atoms with Gasteiger partial charge in [0.05, 0.1) is 0 Å². The number of aromatic nitrogens is 1. The first kappa shape index (κ1) is 11.9. The van der Waals surface area contributed by atoms with Gasteiger partial charge in [-0.2, -0.15) is 0 Å². The molecule has 0 amide bonds. The van der Waals surface area contributed by atoms with E-state index in [1.54, 1.807) is 22.9 Å². The second kappa shape index (κ2) is 5.17. The molecule has 3 nitrogen and oxygen atoms in total. The van der Waals surface area contributed by atoms with Crippen LogP contribution in [0.15, 0.2) is 47.4 Å². The summed E-state index contributed by atoms with van der Waals surface area (Å²) in [7, 11) is 0. The molecule has 0 spiro atoms. The largest absolute Gasteiger partial charge is 0.329 e. The van der Waals surface area contributed by atoms with E-state index in [-0.39, 0.29) is 5.56 Å². The molecule has 88 valence electrons. The molecule has 2 N–H and O–H groups in total. The van der Waals surface area contributed by atoms with Crippen LogP contribution < -0.4 is 11.3 Å². The molecule has 1 aromatic heterocycles. The second-order valence-electron chi connectivity index (χ2n) is 3.75. The van der Waals surface area contributed by atoms with Crippen LogP contribution in [0.1, 0.15) is 0 Å².